The van der Waals surface area contributed by atoms with Gasteiger partial charge in [0.15, 0.2) is 0 Å². The first-order valence-corrected chi connectivity index (χ1v) is 8.24. The normalized spacial score (nSPS) is 11.6. The number of hydrogen-bond donors (Lipinski definition) is 0. The first kappa shape index (κ1) is 12.9. The molecule has 90 valence electrons. The van der Waals surface area contributed by atoms with E-state index in [2.05, 4.69) is 0 Å². The molecule has 17 heavy (non-hydrogen) atoms. The molecule has 2 nitrogen and oxygen atoms in total. The summed E-state index contributed by atoms with van der Waals surface area (Å²) in [6, 6.07) is 11.2. The monoisotopic (exact) mass is 306 g/mol. The summed E-state index contributed by atoms with van der Waals surface area (Å²) < 4.78 is 23.3. The molecule has 0 amide bonds. The van der Waals surface area contributed by atoms with Gasteiger partial charge >= 0.3 is 0 Å². The molecule has 0 aliphatic rings. The van der Waals surface area contributed by atoms with Crippen LogP contribution < -0.4 is 0 Å². The molecule has 2 aromatic rings. The minimum atomic E-state index is -3.73. The predicted molar refractivity (Wildman–Crippen MR) is 71.6 cm³/mol. The lowest BCUT2D eigenvalue weighted by atomic mass is 10.1. The molecule has 0 saturated carbocycles. The summed E-state index contributed by atoms with van der Waals surface area (Å²) in [5.41, 5.74) is 1.66. The number of halogens is 2. The second-order valence-electron chi connectivity index (χ2n) is 3.46. The van der Waals surface area contributed by atoms with Crippen LogP contribution in [0.5, 0.6) is 0 Å². The summed E-state index contributed by atoms with van der Waals surface area (Å²) in [6.07, 6.45) is 0.505. The SMILES string of the molecule is O=S(=O)(Cl)c1sc(Cl)cc1Cc1ccccc1. The van der Waals surface area contributed by atoms with E-state index in [9.17, 15) is 8.42 Å². The van der Waals surface area contributed by atoms with E-state index >= 15 is 0 Å². The molecule has 0 N–H and O–H groups in total. The van der Waals surface area contributed by atoms with E-state index in [0.29, 0.717) is 16.3 Å². The third-order valence-electron chi connectivity index (χ3n) is 2.20. The van der Waals surface area contributed by atoms with Crippen molar-refractivity contribution in [1.29, 1.82) is 0 Å². The van der Waals surface area contributed by atoms with E-state index < -0.39 is 9.05 Å². The maximum absolute atomic E-state index is 11.4. The van der Waals surface area contributed by atoms with Crippen molar-refractivity contribution in [3.8, 4) is 0 Å². The van der Waals surface area contributed by atoms with Crippen molar-refractivity contribution in [2.24, 2.45) is 0 Å². The van der Waals surface area contributed by atoms with Crippen LogP contribution in [-0.4, -0.2) is 8.42 Å². The number of rotatable bonds is 3. The standard InChI is InChI=1S/C11H8Cl2O2S2/c12-10-7-9(11(16-10)17(13,14)15)6-8-4-2-1-3-5-8/h1-5,7H,6H2. The molecule has 1 heterocycles. The molecule has 0 atom stereocenters. The number of thiophene rings is 1. The second kappa shape index (κ2) is 4.98. The average molecular weight is 307 g/mol. The molecule has 1 aromatic carbocycles. The zero-order valence-electron chi connectivity index (χ0n) is 8.56. The van der Waals surface area contributed by atoms with E-state index in [1.807, 2.05) is 30.3 Å². The fourth-order valence-electron chi connectivity index (χ4n) is 1.52. The van der Waals surface area contributed by atoms with Crippen molar-refractivity contribution in [3.63, 3.8) is 0 Å². The molecule has 6 heteroatoms. The Balaban J connectivity index is 2.40. The summed E-state index contributed by atoms with van der Waals surface area (Å²) in [4.78, 5) is 0. The van der Waals surface area contributed by atoms with Crippen LogP contribution in [0.2, 0.25) is 4.34 Å². The zero-order chi connectivity index (χ0) is 12.5. The molecule has 0 aliphatic carbocycles. The van der Waals surface area contributed by atoms with E-state index in [4.69, 9.17) is 22.3 Å². The molecular weight excluding hydrogens is 299 g/mol. The highest BCUT2D eigenvalue weighted by atomic mass is 35.7. The highest BCUT2D eigenvalue weighted by Gasteiger charge is 2.19. The zero-order valence-corrected chi connectivity index (χ0v) is 11.7. The Kier molecular flexibility index (Phi) is 3.78. The van der Waals surface area contributed by atoms with Crippen molar-refractivity contribution in [2.45, 2.75) is 10.6 Å². The molecule has 1 aromatic heterocycles. The van der Waals surface area contributed by atoms with Crippen LogP contribution in [-0.2, 0) is 15.5 Å². The van der Waals surface area contributed by atoms with Gasteiger partial charge in [0.05, 0.1) is 4.34 Å². The summed E-state index contributed by atoms with van der Waals surface area (Å²) in [7, 11) is 1.64. The van der Waals surface area contributed by atoms with E-state index in [-0.39, 0.29) is 4.21 Å². The minimum Gasteiger partial charge on any atom is -0.206 e. The van der Waals surface area contributed by atoms with Crippen LogP contribution in [0.25, 0.3) is 0 Å². The Morgan fingerprint density at radius 2 is 1.82 bits per heavy atom. The largest absolute Gasteiger partial charge is 0.271 e. The predicted octanol–water partition coefficient (Wildman–Crippen LogP) is 3.92. The van der Waals surface area contributed by atoms with Gasteiger partial charge in [0.2, 0.25) is 0 Å². The lowest BCUT2D eigenvalue weighted by molar-refractivity contribution is 0.611. The molecule has 0 radical (unpaired) electrons. The van der Waals surface area contributed by atoms with Crippen LogP contribution >= 0.6 is 33.6 Å². The fraction of sp³-hybridized carbons (Fsp3) is 0.0909. The Morgan fingerprint density at radius 1 is 1.18 bits per heavy atom. The van der Waals surface area contributed by atoms with Gasteiger partial charge in [0, 0.05) is 10.7 Å². The van der Waals surface area contributed by atoms with Crippen LogP contribution in [0.4, 0.5) is 0 Å². The quantitative estimate of drug-likeness (QED) is 0.805. The van der Waals surface area contributed by atoms with Crippen LogP contribution in [0.15, 0.2) is 40.6 Å². The third kappa shape index (κ3) is 3.22. The van der Waals surface area contributed by atoms with Gasteiger partial charge in [-0.3, -0.25) is 0 Å². The molecule has 0 saturated heterocycles. The summed E-state index contributed by atoms with van der Waals surface area (Å²) in [5.74, 6) is 0. The molecule has 0 aliphatic heterocycles. The van der Waals surface area contributed by atoms with E-state index in [1.165, 1.54) is 0 Å². The first-order valence-electron chi connectivity index (χ1n) is 4.73. The van der Waals surface area contributed by atoms with Crippen LogP contribution in [0.3, 0.4) is 0 Å². The highest BCUT2D eigenvalue weighted by Crippen LogP contribution is 2.34. The van der Waals surface area contributed by atoms with Gasteiger partial charge in [-0.25, -0.2) is 8.42 Å². The highest BCUT2D eigenvalue weighted by molar-refractivity contribution is 8.15. The van der Waals surface area contributed by atoms with E-state index in [1.54, 1.807) is 6.07 Å². The molecular formula is C11H8Cl2O2S2. The average Bonchev–Trinajstić information content (AvgIpc) is 2.60. The van der Waals surface area contributed by atoms with Gasteiger partial charge in [-0.2, -0.15) is 0 Å². The summed E-state index contributed by atoms with van der Waals surface area (Å²) >= 11 is 6.82. The fourth-order valence-corrected chi connectivity index (χ4v) is 4.36. The van der Waals surface area contributed by atoms with Gasteiger partial charge < -0.3 is 0 Å². The van der Waals surface area contributed by atoms with Gasteiger partial charge in [0.1, 0.15) is 4.21 Å². The van der Waals surface area contributed by atoms with Crippen molar-refractivity contribution >= 4 is 42.7 Å². The summed E-state index contributed by atoms with van der Waals surface area (Å²) in [6.45, 7) is 0. The Hall–Kier alpha value is -0.550. The minimum absolute atomic E-state index is 0.132. The molecule has 0 unspecified atom stereocenters. The smallest absolute Gasteiger partial charge is 0.206 e. The van der Waals surface area contributed by atoms with Crippen molar-refractivity contribution in [3.05, 3.63) is 51.9 Å². The topological polar surface area (TPSA) is 34.1 Å². The maximum atomic E-state index is 11.4. The first-order chi connectivity index (χ1) is 7.97. The lowest BCUT2D eigenvalue weighted by Gasteiger charge is -2.00. The Morgan fingerprint density at radius 3 is 2.41 bits per heavy atom. The maximum Gasteiger partial charge on any atom is 0.271 e. The molecule has 0 fully saturated rings. The van der Waals surface area contributed by atoms with Gasteiger partial charge in [-0.15, -0.1) is 11.3 Å². The van der Waals surface area contributed by atoms with Crippen molar-refractivity contribution in [2.75, 3.05) is 0 Å². The summed E-state index contributed by atoms with van der Waals surface area (Å²) in [5, 5.41) is 0. The molecule has 2 rings (SSSR count). The third-order valence-corrected chi connectivity index (χ3v) is 5.65. The van der Waals surface area contributed by atoms with Gasteiger partial charge in [-0.1, -0.05) is 41.9 Å². The van der Waals surface area contributed by atoms with Gasteiger partial charge in [0.25, 0.3) is 9.05 Å². The molecule has 0 bridgehead atoms. The number of hydrogen-bond acceptors (Lipinski definition) is 3. The van der Waals surface area contributed by atoms with Crippen molar-refractivity contribution < 1.29 is 8.42 Å². The van der Waals surface area contributed by atoms with Crippen molar-refractivity contribution in [1.82, 2.24) is 0 Å². The second-order valence-corrected chi connectivity index (χ2v) is 7.91. The van der Waals surface area contributed by atoms with Gasteiger partial charge in [-0.05, 0) is 23.6 Å². The Bertz CT molecular complexity index is 618. The lowest BCUT2D eigenvalue weighted by Crippen LogP contribution is -1.94. The van der Waals surface area contributed by atoms with E-state index in [0.717, 1.165) is 16.9 Å². The van der Waals surface area contributed by atoms with Crippen LogP contribution in [0, 0.1) is 0 Å². The van der Waals surface area contributed by atoms with Crippen LogP contribution in [0.1, 0.15) is 11.1 Å². The number of benzene rings is 1. The Labute approximate surface area is 113 Å². The molecule has 0 spiro atoms.